The first-order chi connectivity index (χ1) is 10.7. The fraction of sp³-hybridized carbons (Fsp3) is 0.471. The Kier molecular flexibility index (Phi) is 3.28. The number of nitrogens with zero attached hydrogens (tertiary/aromatic N) is 2. The predicted molar refractivity (Wildman–Crippen MR) is 82.2 cm³/mol. The normalized spacial score (nSPS) is 35.8. The van der Waals surface area contributed by atoms with E-state index < -0.39 is 10.7 Å². The van der Waals surface area contributed by atoms with Crippen LogP contribution in [0.5, 0.6) is 0 Å². The molecule has 3 heterocycles. The average molecular weight is 317 g/mol. The molecule has 3 aliphatic heterocycles. The van der Waals surface area contributed by atoms with Crippen LogP contribution in [0.2, 0.25) is 0 Å². The highest BCUT2D eigenvalue weighted by Gasteiger charge is 2.61. The molecule has 1 spiro atoms. The van der Waals surface area contributed by atoms with E-state index in [4.69, 9.17) is 21.1 Å². The zero-order chi connectivity index (χ0) is 15.2. The number of halogens is 1. The van der Waals surface area contributed by atoms with E-state index in [0.29, 0.717) is 19.6 Å². The van der Waals surface area contributed by atoms with Crippen LogP contribution in [-0.2, 0) is 16.0 Å². The van der Waals surface area contributed by atoms with Gasteiger partial charge in [0, 0.05) is 13.0 Å². The maximum Gasteiger partial charge on any atom is 0.204 e. The molecule has 22 heavy (non-hydrogen) atoms. The number of hydrogen-bond acceptors (Lipinski definition) is 4. The Labute approximate surface area is 134 Å². The number of rotatable bonds is 2. The molecule has 1 aromatic rings. The van der Waals surface area contributed by atoms with Gasteiger partial charge < -0.3 is 9.47 Å². The molecule has 2 fully saturated rings. The van der Waals surface area contributed by atoms with Crippen LogP contribution in [0.25, 0.3) is 0 Å². The highest BCUT2D eigenvalue weighted by molar-refractivity contribution is 6.27. The quantitative estimate of drug-likeness (QED) is 0.621. The van der Waals surface area contributed by atoms with E-state index in [0.717, 1.165) is 6.54 Å². The third kappa shape index (κ3) is 2.01. The molecule has 0 aliphatic carbocycles. The van der Waals surface area contributed by atoms with Crippen LogP contribution in [0.3, 0.4) is 0 Å². The first kappa shape index (κ1) is 14.2. The Hall–Kier alpha value is -1.38. The Morgan fingerprint density at radius 1 is 1.27 bits per heavy atom. The summed E-state index contributed by atoms with van der Waals surface area (Å²) in [6, 6.07) is 12.3. The Bertz CT molecular complexity index is 636. The summed E-state index contributed by atoms with van der Waals surface area (Å²) in [5.74, 6) is -0.751. The maximum atomic E-state index is 9.56. The standard InChI is InChI=1S/C17H17ClN2O2/c18-16(12-19)10-15-17(21-8-9-22-17)7-6-14(16)20(15)11-13-4-2-1-3-5-13/h1-7,14-15H,8-11H2/t14-,15-,16-/m1/s1. The van der Waals surface area contributed by atoms with Crippen LogP contribution in [0, 0.1) is 11.3 Å². The topological polar surface area (TPSA) is 45.5 Å². The van der Waals surface area contributed by atoms with Crippen molar-refractivity contribution < 1.29 is 9.47 Å². The number of hydrogen-bond donors (Lipinski definition) is 0. The van der Waals surface area contributed by atoms with Crippen molar-refractivity contribution in [3.8, 4) is 6.07 Å². The van der Waals surface area contributed by atoms with Gasteiger partial charge in [0.1, 0.15) is 0 Å². The second-order valence-electron chi connectivity index (χ2n) is 6.07. The second kappa shape index (κ2) is 5.07. The molecule has 0 unspecified atom stereocenters. The van der Waals surface area contributed by atoms with E-state index in [9.17, 15) is 5.26 Å². The smallest absolute Gasteiger partial charge is 0.204 e. The number of alkyl halides is 1. The van der Waals surface area contributed by atoms with Crippen molar-refractivity contribution in [3.05, 3.63) is 48.0 Å². The van der Waals surface area contributed by atoms with Crippen LogP contribution in [-0.4, -0.2) is 40.9 Å². The van der Waals surface area contributed by atoms with Crippen LogP contribution >= 0.6 is 11.6 Å². The lowest BCUT2D eigenvalue weighted by Gasteiger charge is -2.41. The van der Waals surface area contributed by atoms with E-state index in [1.165, 1.54) is 5.56 Å². The molecule has 2 saturated heterocycles. The van der Waals surface area contributed by atoms with E-state index >= 15 is 0 Å². The third-order valence-electron chi connectivity index (χ3n) is 4.82. The highest BCUT2D eigenvalue weighted by Crippen LogP contribution is 2.49. The Morgan fingerprint density at radius 2 is 2.00 bits per heavy atom. The van der Waals surface area contributed by atoms with Crippen molar-refractivity contribution in [2.24, 2.45) is 0 Å². The van der Waals surface area contributed by atoms with Crippen molar-refractivity contribution >= 4 is 11.6 Å². The Morgan fingerprint density at radius 3 is 2.68 bits per heavy atom. The van der Waals surface area contributed by atoms with Gasteiger partial charge in [-0.2, -0.15) is 5.26 Å². The fourth-order valence-corrected chi connectivity index (χ4v) is 4.14. The lowest BCUT2D eigenvalue weighted by molar-refractivity contribution is -0.167. The zero-order valence-corrected chi connectivity index (χ0v) is 12.9. The molecule has 3 aliphatic rings. The average Bonchev–Trinajstić information content (AvgIpc) is 3.07. The van der Waals surface area contributed by atoms with Crippen LogP contribution in [0.1, 0.15) is 12.0 Å². The molecule has 114 valence electrons. The molecule has 0 amide bonds. The Balaban J connectivity index is 1.71. The molecule has 2 bridgehead atoms. The molecule has 0 aromatic heterocycles. The summed E-state index contributed by atoms with van der Waals surface area (Å²) in [7, 11) is 0. The molecular formula is C17H17ClN2O2. The van der Waals surface area contributed by atoms with Gasteiger partial charge in [-0.1, -0.05) is 36.4 Å². The minimum absolute atomic E-state index is 0.0395. The predicted octanol–water partition coefficient (Wildman–Crippen LogP) is 2.44. The molecule has 4 rings (SSSR count). The second-order valence-corrected chi connectivity index (χ2v) is 6.75. The van der Waals surface area contributed by atoms with Gasteiger partial charge in [-0.05, 0) is 11.6 Å². The molecule has 5 heteroatoms. The molecule has 0 radical (unpaired) electrons. The summed E-state index contributed by atoms with van der Waals surface area (Å²) in [6.45, 7) is 1.88. The van der Waals surface area contributed by atoms with Crippen molar-refractivity contribution in [3.63, 3.8) is 0 Å². The zero-order valence-electron chi connectivity index (χ0n) is 12.1. The summed E-state index contributed by atoms with van der Waals surface area (Å²) in [5.41, 5.74) is 1.19. The van der Waals surface area contributed by atoms with E-state index in [1.807, 2.05) is 30.4 Å². The van der Waals surface area contributed by atoms with Crippen molar-refractivity contribution in [2.45, 2.75) is 35.7 Å². The largest absolute Gasteiger partial charge is 0.343 e. The number of ether oxygens (including phenoxy) is 2. The van der Waals surface area contributed by atoms with Gasteiger partial charge in [0.25, 0.3) is 0 Å². The van der Waals surface area contributed by atoms with Crippen LogP contribution < -0.4 is 0 Å². The molecule has 1 aromatic carbocycles. The minimum Gasteiger partial charge on any atom is -0.343 e. The summed E-state index contributed by atoms with van der Waals surface area (Å²) >= 11 is 6.61. The van der Waals surface area contributed by atoms with Crippen molar-refractivity contribution in [1.82, 2.24) is 4.90 Å². The number of benzene rings is 1. The van der Waals surface area contributed by atoms with Crippen molar-refractivity contribution in [2.75, 3.05) is 13.2 Å². The van der Waals surface area contributed by atoms with Crippen LogP contribution in [0.4, 0.5) is 0 Å². The minimum atomic E-state index is -0.922. The molecular weight excluding hydrogens is 300 g/mol. The van der Waals surface area contributed by atoms with E-state index in [2.05, 4.69) is 23.1 Å². The first-order valence-corrected chi connectivity index (χ1v) is 7.92. The first-order valence-electron chi connectivity index (χ1n) is 7.54. The summed E-state index contributed by atoms with van der Waals surface area (Å²) in [4.78, 5) is 1.33. The van der Waals surface area contributed by atoms with Gasteiger partial charge in [-0.25, -0.2) is 0 Å². The summed E-state index contributed by atoms with van der Waals surface area (Å²) in [6.07, 6.45) is 4.47. The number of nitriles is 1. The van der Waals surface area contributed by atoms with Gasteiger partial charge >= 0.3 is 0 Å². The van der Waals surface area contributed by atoms with Gasteiger partial charge in [0.05, 0.1) is 31.4 Å². The SMILES string of the molecule is N#C[C@]1(Cl)C[C@H]2N(Cc3ccccc3)[C@@H]1C=CC21OCCO1. The highest BCUT2D eigenvalue weighted by atomic mass is 35.5. The van der Waals surface area contributed by atoms with E-state index in [1.54, 1.807) is 0 Å². The monoisotopic (exact) mass is 316 g/mol. The van der Waals surface area contributed by atoms with Gasteiger partial charge in [-0.15, -0.1) is 11.6 Å². The molecule has 3 atom stereocenters. The lowest BCUT2D eigenvalue weighted by Crippen LogP contribution is -2.54. The third-order valence-corrected chi connectivity index (χ3v) is 5.29. The maximum absolute atomic E-state index is 9.56. The van der Waals surface area contributed by atoms with Gasteiger partial charge in [-0.3, -0.25) is 4.90 Å². The fourth-order valence-electron chi connectivity index (χ4n) is 3.80. The van der Waals surface area contributed by atoms with E-state index in [-0.39, 0.29) is 12.1 Å². The lowest BCUT2D eigenvalue weighted by atomic mass is 10.0. The van der Waals surface area contributed by atoms with Gasteiger partial charge in [0.15, 0.2) is 4.87 Å². The molecule has 0 N–H and O–H groups in total. The summed E-state index contributed by atoms with van der Waals surface area (Å²) < 4.78 is 11.8. The number of fused-ring (bicyclic) bond motifs is 3. The molecule has 4 nitrogen and oxygen atoms in total. The van der Waals surface area contributed by atoms with Gasteiger partial charge in [0.2, 0.25) is 5.79 Å². The molecule has 0 saturated carbocycles. The van der Waals surface area contributed by atoms with Crippen molar-refractivity contribution in [1.29, 1.82) is 5.26 Å². The summed E-state index contributed by atoms with van der Waals surface area (Å²) in [5, 5.41) is 9.56. The van der Waals surface area contributed by atoms with Crippen LogP contribution in [0.15, 0.2) is 42.5 Å².